The average molecular weight is 460 g/mol. The van der Waals surface area contributed by atoms with E-state index in [-0.39, 0.29) is 42.2 Å². The molecule has 1 amide bonds. The minimum Gasteiger partial charge on any atom is -0.465 e. The standard InChI is InChI=1S/C22H29N5O6/c1-13(2)19(29)25-21-24-18-17(20(30)26-21)23-12-27(18)9-15-8-22(15,10-32-14(3)28)11-33-16-6-4-5-7-31-16/h9,12-13,16H,4-8,10-11H2,1-3H3,(H2,24,25,26,29,30)/b15-9-/t16?,22-/m0/s1. The number of aromatic nitrogens is 4. The van der Waals surface area contributed by atoms with E-state index < -0.39 is 11.0 Å². The molecule has 2 aromatic rings. The van der Waals surface area contributed by atoms with E-state index in [1.54, 1.807) is 18.4 Å². The fourth-order valence-corrected chi connectivity index (χ4v) is 3.68. The van der Waals surface area contributed by atoms with Crippen LogP contribution in [0.1, 0.15) is 46.5 Å². The Morgan fingerprint density at radius 1 is 1.39 bits per heavy atom. The predicted molar refractivity (Wildman–Crippen MR) is 119 cm³/mol. The zero-order valence-electron chi connectivity index (χ0n) is 19.1. The Kier molecular flexibility index (Phi) is 6.61. The Balaban J connectivity index is 1.57. The van der Waals surface area contributed by atoms with E-state index in [1.807, 2.05) is 6.20 Å². The van der Waals surface area contributed by atoms with Crippen molar-refractivity contribution >= 4 is 35.2 Å². The minimum absolute atomic E-state index is 0.0612. The number of anilines is 1. The molecule has 2 atom stereocenters. The third-order valence-electron chi connectivity index (χ3n) is 5.81. The molecule has 0 spiro atoms. The average Bonchev–Trinajstić information content (AvgIpc) is 3.31. The molecule has 0 aromatic carbocycles. The molecule has 1 unspecified atom stereocenters. The molecule has 1 aliphatic heterocycles. The van der Waals surface area contributed by atoms with Crippen molar-refractivity contribution in [2.24, 2.45) is 11.3 Å². The lowest BCUT2D eigenvalue weighted by Gasteiger charge is -2.25. The molecule has 2 aromatic heterocycles. The van der Waals surface area contributed by atoms with Gasteiger partial charge in [-0.2, -0.15) is 4.98 Å². The van der Waals surface area contributed by atoms with Crippen LogP contribution in [0.25, 0.3) is 17.4 Å². The number of aromatic amines is 1. The molecule has 11 nitrogen and oxygen atoms in total. The molecule has 11 heteroatoms. The van der Waals surface area contributed by atoms with Crippen molar-refractivity contribution in [2.75, 3.05) is 25.1 Å². The Morgan fingerprint density at radius 3 is 2.91 bits per heavy atom. The van der Waals surface area contributed by atoms with Crippen LogP contribution >= 0.6 is 0 Å². The summed E-state index contributed by atoms with van der Waals surface area (Å²) in [7, 11) is 0. The molecule has 2 aliphatic rings. The molecular formula is C22H29N5O6. The van der Waals surface area contributed by atoms with E-state index in [2.05, 4.69) is 20.3 Å². The third-order valence-corrected chi connectivity index (χ3v) is 5.81. The second-order valence-electron chi connectivity index (χ2n) is 8.88. The van der Waals surface area contributed by atoms with Gasteiger partial charge in [-0.1, -0.05) is 13.8 Å². The molecule has 33 heavy (non-hydrogen) atoms. The van der Waals surface area contributed by atoms with Crippen LogP contribution in [0, 0.1) is 11.3 Å². The van der Waals surface area contributed by atoms with Crippen LogP contribution in [-0.4, -0.2) is 57.5 Å². The number of rotatable bonds is 8. The number of hydrogen-bond acceptors (Lipinski definition) is 8. The lowest BCUT2D eigenvalue weighted by molar-refractivity contribution is -0.174. The lowest BCUT2D eigenvalue weighted by Crippen LogP contribution is -2.28. The zero-order chi connectivity index (χ0) is 23.6. The van der Waals surface area contributed by atoms with Crippen LogP contribution in [0.2, 0.25) is 0 Å². The van der Waals surface area contributed by atoms with Crippen LogP contribution in [-0.2, 0) is 23.8 Å². The summed E-state index contributed by atoms with van der Waals surface area (Å²) in [4.78, 5) is 46.9. The number of esters is 1. The summed E-state index contributed by atoms with van der Waals surface area (Å²) >= 11 is 0. The number of hydrogen-bond donors (Lipinski definition) is 2. The van der Waals surface area contributed by atoms with E-state index in [9.17, 15) is 14.4 Å². The number of fused-ring (bicyclic) bond motifs is 1. The molecule has 178 valence electrons. The van der Waals surface area contributed by atoms with Crippen LogP contribution in [0.3, 0.4) is 0 Å². The first-order chi connectivity index (χ1) is 15.8. The van der Waals surface area contributed by atoms with Crippen molar-refractivity contribution in [3.05, 3.63) is 22.3 Å². The largest absolute Gasteiger partial charge is 0.465 e. The van der Waals surface area contributed by atoms with Gasteiger partial charge in [0.05, 0.1) is 12.0 Å². The highest BCUT2D eigenvalue weighted by Crippen LogP contribution is 2.53. The first-order valence-corrected chi connectivity index (χ1v) is 11.1. The number of carbonyl (C=O) groups excluding carboxylic acids is 2. The van der Waals surface area contributed by atoms with Gasteiger partial charge in [-0.15, -0.1) is 0 Å². The first-order valence-electron chi connectivity index (χ1n) is 11.1. The molecule has 3 heterocycles. The highest BCUT2D eigenvalue weighted by molar-refractivity contribution is 5.91. The molecule has 4 rings (SSSR count). The molecular weight excluding hydrogens is 430 g/mol. The van der Waals surface area contributed by atoms with Gasteiger partial charge in [0, 0.05) is 25.6 Å². The van der Waals surface area contributed by atoms with Crippen LogP contribution in [0.4, 0.5) is 5.95 Å². The van der Waals surface area contributed by atoms with Crippen LogP contribution < -0.4 is 10.9 Å². The topological polar surface area (TPSA) is 137 Å². The van der Waals surface area contributed by atoms with Gasteiger partial charge in [-0.05, 0) is 31.3 Å². The van der Waals surface area contributed by atoms with Gasteiger partial charge < -0.3 is 14.2 Å². The maximum Gasteiger partial charge on any atom is 0.302 e. The number of carbonyl (C=O) groups is 2. The second-order valence-corrected chi connectivity index (χ2v) is 8.88. The Bertz CT molecular complexity index is 1130. The maximum atomic E-state index is 12.4. The smallest absolute Gasteiger partial charge is 0.302 e. The second kappa shape index (κ2) is 9.44. The van der Waals surface area contributed by atoms with Crippen molar-refractivity contribution in [2.45, 2.75) is 52.7 Å². The number of nitrogens with one attached hydrogen (secondary N) is 2. The fourth-order valence-electron chi connectivity index (χ4n) is 3.68. The highest BCUT2D eigenvalue weighted by atomic mass is 16.7. The fraction of sp³-hybridized carbons (Fsp3) is 0.591. The van der Waals surface area contributed by atoms with Crippen molar-refractivity contribution in [1.29, 1.82) is 0 Å². The van der Waals surface area contributed by atoms with Crippen molar-refractivity contribution in [1.82, 2.24) is 19.5 Å². The third kappa shape index (κ3) is 5.31. The summed E-state index contributed by atoms with van der Waals surface area (Å²) < 4.78 is 18.6. The number of ether oxygens (including phenoxy) is 3. The Morgan fingerprint density at radius 2 is 2.21 bits per heavy atom. The van der Waals surface area contributed by atoms with Crippen LogP contribution in [0.15, 0.2) is 16.7 Å². The van der Waals surface area contributed by atoms with Gasteiger partial charge >= 0.3 is 5.97 Å². The van der Waals surface area contributed by atoms with E-state index in [1.165, 1.54) is 13.3 Å². The first kappa shape index (κ1) is 23.1. The summed E-state index contributed by atoms with van der Waals surface area (Å²) in [5.41, 5.74) is 0.547. The Labute approximate surface area is 190 Å². The van der Waals surface area contributed by atoms with Gasteiger partial charge in [0.1, 0.15) is 12.9 Å². The number of nitrogens with zero attached hydrogens (tertiary/aromatic N) is 3. The summed E-state index contributed by atoms with van der Waals surface area (Å²) in [5.74, 6) is -0.821. The summed E-state index contributed by atoms with van der Waals surface area (Å²) in [6.07, 6.45) is 6.65. The highest BCUT2D eigenvalue weighted by Gasteiger charge is 2.51. The molecule has 2 fully saturated rings. The van der Waals surface area contributed by atoms with E-state index >= 15 is 0 Å². The van der Waals surface area contributed by atoms with Gasteiger partial charge in [0.2, 0.25) is 11.9 Å². The minimum atomic E-state index is -0.459. The van der Waals surface area contributed by atoms with Gasteiger partial charge in [0.25, 0.3) is 5.56 Å². The van der Waals surface area contributed by atoms with Gasteiger partial charge in [-0.25, -0.2) is 4.98 Å². The van der Waals surface area contributed by atoms with Crippen molar-refractivity contribution < 1.29 is 23.8 Å². The zero-order valence-corrected chi connectivity index (χ0v) is 19.1. The molecule has 0 bridgehead atoms. The molecule has 2 N–H and O–H groups in total. The Hall–Kier alpha value is -3.05. The van der Waals surface area contributed by atoms with Gasteiger partial charge in [0.15, 0.2) is 17.5 Å². The molecule has 1 aliphatic carbocycles. The summed E-state index contributed by atoms with van der Waals surface area (Å²) in [6.45, 7) is 6.09. The molecule has 1 saturated carbocycles. The summed E-state index contributed by atoms with van der Waals surface area (Å²) in [5, 5.41) is 2.61. The number of imidazole rings is 1. The van der Waals surface area contributed by atoms with E-state index in [0.29, 0.717) is 25.3 Å². The molecule has 0 radical (unpaired) electrons. The number of amides is 1. The van der Waals surface area contributed by atoms with E-state index in [0.717, 1.165) is 24.8 Å². The SMILES string of the molecule is CC(=O)OC[C@]1(COC2CCCCO2)C/C1=C/n1cnc2c(=O)[nH]c(NC(=O)C(C)C)nc21. The van der Waals surface area contributed by atoms with Crippen LogP contribution in [0.5, 0.6) is 0 Å². The van der Waals surface area contributed by atoms with E-state index in [4.69, 9.17) is 14.2 Å². The predicted octanol–water partition coefficient (Wildman–Crippen LogP) is 2.05. The monoisotopic (exact) mass is 459 g/mol. The van der Waals surface area contributed by atoms with Crippen molar-refractivity contribution in [3.63, 3.8) is 0 Å². The van der Waals surface area contributed by atoms with Crippen molar-refractivity contribution in [3.8, 4) is 0 Å². The van der Waals surface area contributed by atoms with Gasteiger partial charge in [-0.3, -0.25) is 29.3 Å². The quantitative estimate of drug-likeness (QED) is 0.572. The maximum absolute atomic E-state index is 12.4. The number of H-pyrrole nitrogens is 1. The summed E-state index contributed by atoms with van der Waals surface area (Å²) in [6, 6.07) is 0. The molecule has 1 saturated heterocycles. The lowest BCUT2D eigenvalue weighted by atomic mass is 10.1. The normalized spacial score (nSPS) is 23.8.